The van der Waals surface area contributed by atoms with E-state index in [4.69, 9.17) is 0 Å². The highest BCUT2D eigenvalue weighted by Crippen LogP contribution is 2.29. The van der Waals surface area contributed by atoms with Crippen LogP contribution in [0.4, 0.5) is 4.79 Å². The van der Waals surface area contributed by atoms with Crippen molar-refractivity contribution in [3.63, 3.8) is 0 Å². The van der Waals surface area contributed by atoms with Crippen molar-refractivity contribution in [2.24, 2.45) is 0 Å². The van der Waals surface area contributed by atoms with Gasteiger partial charge in [0.2, 0.25) is 0 Å². The number of hydrogen-bond acceptors (Lipinski definition) is 3. The van der Waals surface area contributed by atoms with E-state index in [0.717, 1.165) is 37.5 Å². The molecule has 0 atom stereocenters. The molecule has 5 heteroatoms. The largest absolute Gasteiger partial charge is 0.389 e. The summed E-state index contributed by atoms with van der Waals surface area (Å²) >= 11 is 0. The van der Waals surface area contributed by atoms with Crippen LogP contribution in [0, 0.1) is 0 Å². The van der Waals surface area contributed by atoms with Crippen molar-refractivity contribution in [1.82, 2.24) is 15.1 Å². The predicted molar refractivity (Wildman–Crippen MR) is 99.3 cm³/mol. The highest BCUT2D eigenvalue weighted by atomic mass is 16.3. The van der Waals surface area contributed by atoms with Crippen LogP contribution in [-0.4, -0.2) is 58.3 Å². The van der Waals surface area contributed by atoms with Crippen LogP contribution in [0.25, 0.3) is 0 Å². The van der Waals surface area contributed by atoms with Crippen molar-refractivity contribution in [3.05, 3.63) is 35.9 Å². The number of amides is 2. The zero-order valence-corrected chi connectivity index (χ0v) is 15.4. The molecule has 1 aliphatic heterocycles. The molecule has 0 unspecified atom stereocenters. The molecule has 25 heavy (non-hydrogen) atoms. The predicted octanol–water partition coefficient (Wildman–Crippen LogP) is 2.60. The van der Waals surface area contributed by atoms with E-state index >= 15 is 0 Å². The Bertz CT molecular complexity index is 558. The molecule has 1 aromatic carbocycles. The van der Waals surface area contributed by atoms with E-state index in [0.29, 0.717) is 13.1 Å². The van der Waals surface area contributed by atoms with Crippen molar-refractivity contribution in [3.8, 4) is 0 Å². The number of hydrogen-bond donors (Lipinski definition) is 2. The van der Waals surface area contributed by atoms with E-state index in [-0.39, 0.29) is 12.1 Å². The summed E-state index contributed by atoms with van der Waals surface area (Å²) in [6.45, 7) is 6.48. The van der Waals surface area contributed by atoms with E-state index in [1.54, 1.807) is 18.7 Å². The van der Waals surface area contributed by atoms with Crippen molar-refractivity contribution >= 4 is 6.03 Å². The van der Waals surface area contributed by atoms with E-state index < -0.39 is 5.60 Å². The fourth-order valence-corrected chi connectivity index (χ4v) is 3.58. The van der Waals surface area contributed by atoms with E-state index in [1.807, 2.05) is 30.3 Å². The third-order valence-corrected chi connectivity index (χ3v) is 5.00. The van der Waals surface area contributed by atoms with Crippen molar-refractivity contribution < 1.29 is 9.90 Å². The van der Waals surface area contributed by atoms with Crippen LogP contribution in [0.3, 0.4) is 0 Å². The summed E-state index contributed by atoms with van der Waals surface area (Å²) in [5, 5.41) is 13.4. The van der Waals surface area contributed by atoms with Crippen molar-refractivity contribution in [1.29, 1.82) is 0 Å². The van der Waals surface area contributed by atoms with Crippen LogP contribution in [0.1, 0.15) is 45.1 Å². The maximum atomic E-state index is 12.8. The third-order valence-electron chi connectivity index (χ3n) is 5.00. The van der Waals surface area contributed by atoms with E-state index in [1.165, 1.54) is 12.8 Å². The summed E-state index contributed by atoms with van der Waals surface area (Å²) in [7, 11) is 0. The summed E-state index contributed by atoms with van der Waals surface area (Å²) in [4.78, 5) is 17.1. The van der Waals surface area contributed by atoms with Gasteiger partial charge in [-0.1, -0.05) is 30.3 Å². The fourth-order valence-electron chi connectivity index (χ4n) is 3.58. The number of rotatable bonds is 6. The Hall–Kier alpha value is -1.59. The van der Waals surface area contributed by atoms with Gasteiger partial charge in [0.15, 0.2) is 0 Å². The molecular weight excluding hydrogens is 314 g/mol. The van der Waals surface area contributed by atoms with Crippen LogP contribution in [0.2, 0.25) is 0 Å². The molecule has 0 radical (unpaired) electrons. The normalized spacial score (nSPS) is 19.6. The third kappa shape index (κ3) is 5.72. The van der Waals surface area contributed by atoms with Gasteiger partial charge in [0.1, 0.15) is 0 Å². The molecule has 0 aromatic heterocycles. The molecule has 1 aliphatic carbocycles. The number of carbonyl (C=O) groups excluding carboxylic acids is 1. The quantitative estimate of drug-likeness (QED) is 0.833. The first-order valence-electron chi connectivity index (χ1n) is 9.46. The number of nitrogens with zero attached hydrogens (tertiary/aromatic N) is 2. The number of nitrogens with one attached hydrogen (secondary N) is 1. The Balaban J connectivity index is 1.56. The number of piperidine rings is 1. The summed E-state index contributed by atoms with van der Waals surface area (Å²) in [5.74, 6) is 0. The van der Waals surface area contributed by atoms with Crippen LogP contribution >= 0.6 is 0 Å². The average molecular weight is 345 g/mol. The van der Waals surface area contributed by atoms with Gasteiger partial charge in [-0.25, -0.2) is 4.79 Å². The van der Waals surface area contributed by atoms with Gasteiger partial charge in [-0.05, 0) is 45.1 Å². The topological polar surface area (TPSA) is 55.8 Å². The summed E-state index contributed by atoms with van der Waals surface area (Å²) in [6, 6.07) is 10.9. The van der Waals surface area contributed by atoms with Crippen LogP contribution in [-0.2, 0) is 6.54 Å². The molecule has 2 aliphatic rings. The van der Waals surface area contributed by atoms with Gasteiger partial charge in [0.25, 0.3) is 0 Å². The second kappa shape index (κ2) is 7.75. The lowest BCUT2D eigenvalue weighted by Crippen LogP contribution is -2.52. The van der Waals surface area contributed by atoms with Crippen LogP contribution in [0.5, 0.6) is 0 Å². The molecule has 2 N–H and O–H groups in total. The molecule has 2 amide bonds. The number of benzene rings is 1. The lowest BCUT2D eigenvalue weighted by molar-refractivity contribution is 0.0436. The number of likely N-dealkylation sites (tertiary alicyclic amines) is 1. The molecule has 2 fully saturated rings. The SMILES string of the molecule is CC(C)(O)CN(Cc1ccccc1)C(=O)NC1CCN(C2CC2)CC1. The Kier molecular flexibility index (Phi) is 5.64. The zero-order chi connectivity index (χ0) is 17.9. The number of urea groups is 1. The van der Waals surface area contributed by atoms with E-state index in [2.05, 4.69) is 10.2 Å². The molecule has 5 nitrogen and oxygen atoms in total. The Morgan fingerprint density at radius 3 is 2.40 bits per heavy atom. The van der Waals surface area contributed by atoms with Gasteiger partial charge in [0, 0.05) is 31.7 Å². The molecule has 138 valence electrons. The van der Waals surface area contributed by atoms with Gasteiger partial charge in [-0.3, -0.25) is 0 Å². The van der Waals surface area contributed by atoms with Gasteiger partial charge >= 0.3 is 6.03 Å². The monoisotopic (exact) mass is 345 g/mol. The Morgan fingerprint density at radius 2 is 1.84 bits per heavy atom. The van der Waals surface area contributed by atoms with Gasteiger partial charge in [-0.15, -0.1) is 0 Å². The van der Waals surface area contributed by atoms with Crippen LogP contribution in [0.15, 0.2) is 30.3 Å². The molecule has 1 heterocycles. The fraction of sp³-hybridized carbons (Fsp3) is 0.650. The summed E-state index contributed by atoms with van der Waals surface area (Å²) in [5.41, 5.74) is 0.159. The summed E-state index contributed by atoms with van der Waals surface area (Å²) < 4.78 is 0. The molecular formula is C20H31N3O2. The first kappa shape index (κ1) is 18.2. The molecule has 0 bridgehead atoms. The second-order valence-electron chi connectivity index (χ2n) is 8.15. The Labute approximate surface area is 151 Å². The first-order chi connectivity index (χ1) is 11.9. The standard InChI is InChI=1S/C20H31N3O2/c1-20(2,25)15-23(14-16-6-4-3-5-7-16)19(24)21-17-10-12-22(13-11-17)18-8-9-18/h3-7,17-18,25H,8-15H2,1-2H3,(H,21,24). The lowest BCUT2D eigenvalue weighted by atomic mass is 10.0. The van der Waals surface area contributed by atoms with Gasteiger partial charge in [0.05, 0.1) is 12.1 Å². The van der Waals surface area contributed by atoms with Crippen LogP contribution < -0.4 is 5.32 Å². The van der Waals surface area contributed by atoms with E-state index in [9.17, 15) is 9.90 Å². The maximum Gasteiger partial charge on any atom is 0.318 e. The van der Waals surface area contributed by atoms with Gasteiger partial charge < -0.3 is 20.2 Å². The smallest absolute Gasteiger partial charge is 0.318 e. The number of carbonyl (C=O) groups is 1. The zero-order valence-electron chi connectivity index (χ0n) is 15.4. The first-order valence-corrected chi connectivity index (χ1v) is 9.46. The minimum Gasteiger partial charge on any atom is -0.389 e. The minimum absolute atomic E-state index is 0.0733. The molecule has 3 rings (SSSR count). The molecule has 1 saturated carbocycles. The average Bonchev–Trinajstić information content (AvgIpc) is 3.40. The van der Waals surface area contributed by atoms with Crippen molar-refractivity contribution in [2.45, 2.75) is 63.8 Å². The highest BCUT2D eigenvalue weighted by molar-refractivity contribution is 5.74. The Morgan fingerprint density at radius 1 is 1.20 bits per heavy atom. The highest BCUT2D eigenvalue weighted by Gasteiger charge is 2.32. The van der Waals surface area contributed by atoms with Gasteiger partial charge in [-0.2, -0.15) is 0 Å². The second-order valence-corrected chi connectivity index (χ2v) is 8.15. The molecule has 1 aromatic rings. The summed E-state index contributed by atoms with van der Waals surface area (Å²) in [6.07, 6.45) is 4.72. The van der Waals surface area contributed by atoms with Crippen molar-refractivity contribution in [2.75, 3.05) is 19.6 Å². The number of aliphatic hydroxyl groups is 1. The lowest BCUT2D eigenvalue weighted by Gasteiger charge is -2.35. The maximum absolute atomic E-state index is 12.8. The molecule has 0 spiro atoms. The minimum atomic E-state index is -0.915. The molecule has 1 saturated heterocycles.